The number of fused-ring (bicyclic) bond motifs is 1. The Hall–Kier alpha value is -2.03. The van der Waals surface area contributed by atoms with Gasteiger partial charge >= 0.3 is 6.09 Å². The molecule has 0 fully saturated rings. The van der Waals surface area contributed by atoms with E-state index in [1.807, 2.05) is 12.1 Å². The highest BCUT2D eigenvalue weighted by molar-refractivity contribution is 5.86. The SMILES string of the molecule is CCOC(=O)NCC(C)c1cccc2ccccc12. The normalized spacial score (nSPS) is 12.1. The first kappa shape index (κ1) is 13.4. The van der Waals surface area contributed by atoms with Crippen molar-refractivity contribution in [3.05, 3.63) is 48.0 Å². The van der Waals surface area contributed by atoms with Crippen molar-refractivity contribution >= 4 is 16.9 Å². The molecule has 3 nitrogen and oxygen atoms in total. The van der Waals surface area contributed by atoms with E-state index in [0.717, 1.165) is 0 Å². The molecular weight excluding hydrogens is 238 g/mol. The summed E-state index contributed by atoms with van der Waals surface area (Å²) in [5, 5.41) is 5.25. The topological polar surface area (TPSA) is 38.3 Å². The third kappa shape index (κ3) is 3.25. The zero-order valence-corrected chi connectivity index (χ0v) is 11.3. The highest BCUT2D eigenvalue weighted by Crippen LogP contribution is 2.24. The van der Waals surface area contributed by atoms with Gasteiger partial charge in [0, 0.05) is 6.54 Å². The van der Waals surface area contributed by atoms with Crippen molar-refractivity contribution in [2.45, 2.75) is 19.8 Å². The Morgan fingerprint density at radius 1 is 1.21 bits per heavy atom. The van der Waals surface area contributed by atoms with Gasteiger partial charge in [-0.05, 0) is 29.2 Å². The minimum Gasteiger partial charge on any atom is -0.450 e. The highest BCUT2D eigenvalue weighted by Gasteiger charge is 2.10. The lowest BCUT2D eigenvalue weighted by Gasteiger charge is -2.15. The molecule has 0 aliphatic rings. The van der Waals surface area contributed by atoms with Crippen molar-refractivity contribution in [3.63, 3.8) is 0 Å². The van der Waals surface area contributed by atoms with Crippen LogP contribution in [0.2, 0.25) is 0 Å². The third-order valence-corrected chi connectivity index (χ3v) is 3.18. The molecule has 0 heterocycles. The number of rotatable bonds is 4. The summed E-state index contributed by atoms with van der Waals surface area (Å²) in [4.78, 5) is 11.3. The van der Waals surface area contributed by atoms with E-state index in [1.54, 1.807) is 6.92 Å². The van der Waals surface area contributed by atoms with Crippen LogP contribution in [0.1, 0.15) is 25.3 Å². The monoisotopic (exact) mass is 257 g/mol. The minimum atomic E-state index is -0.352. The van der Waals surface area contributed by atoms with Crippen LogP contribution in [-0.4, -0.2) is 19.2 Å². The number of carbonyl (C=O) groups excluding carboxylic acids is 1. The van der Waals surface area contributed by atoms with Gasteiger partial charge in [-0.15, -0.1) is 0 Å². The lowest BCUT2D eigenvalue weighted by molar-refractivity contribution is 0.151. The van der Waals surface area contributed by atoms with Crippen LogP contribution in [0.25, 0.3) is 10.8 Å². The maximum Gasteiger partial charge on any atom is 0.407 e. The first-order valence-electron chi connectivity index (χ1n) is 6.60. The Balaban J connectivity index is 2.13. The molecule has 2 aromatic carbocycles. The van der Waals surface area contributed by atoms with Gasteiger partial charge in [-0.2, -0.15) is 0 Å². The van der Waals surface area contributed by atoms with E-state index in [1.165, 1.54) is 16.3 Å². The molecule has 1 atom stereocenters. The molecule has 2 aromatic rings. The summed E-state index contributed by atoms with van der Waals surface area (Å²) in [6.45, 7) is 4.88. The van der Waals surface area contributed by atoms with Crippen LogP contribution in [0, 0.1) is 0 Å². The summed E-state index contributed by atoms with van der Waals surface area (Å²) < 4.78 is 4.87. The smallest absolute Gasteiger partial charge is 0.407 e. The lowest BCUT2D eigenvalue weighted by Crippen LogP contribution is -2.28. The van der Waals surface area contributed by atoms with Gasteiger partial charge in [0.25, 0.3) is 0 Å². The largest absolute Gasteiger partial charge is 0.450 e. The van der Waals surface area contributed by atoms with Crippen LogP contribution in [0.3, 0.4) is 0 Å². The number of amides is 1. The Morgan fingerprint density at radius 3 is 2.74 bits per heavy atom. The fourth-order valence-corrected chi connectivity index (χ4v) is 2.21. The van der Waals surface area contributed by atoms with Crippen molar-refractivity contribution in [3.8, 4) is 0 Å². The molecular formula is C16H19NO2. The fraction of sp³-hybridized carbons (Fsp3) is 0.312. The molecule has 0 bridgehead atoms. The zero-order valence-electron chi connectivity index (χ0n) is 11.3. The molecule has 0 saturated carbocycles. The molecule has 0 spiro atoms. The minimum absolute atomic E-state index is 0.246. The summed E-state index contributed by atoms with van der Waals surface area (Å²) in [6.07, 6.45) is -0.352. The summed E-state index contributed by atoms with van der Waals surface area (Å²) in [7, 11) is 0. The van der Waals surface area contributed by atoms with Crippen LogP contribution >= 0.6 is 0 Å². The Morgan fingerprint density at radius 2 is 1.95 bits per heavy atom. The third-order valence-electron chi connectivity index (χ3n) is 3.18. The molecule has 0 radical (unpaired) electrons. The van der Waals surface area contributed by atoms with Gasteiger partial charge in [-0.1, -0.05) is 49.4 Å². The number of hydrogen-bond acceptors (Lipinski definition) is 2. The average molecular weight is 257 g/mol. The highest BCUT2D eigenvalue weighted by atomic mass is 16.5. The van der Waals surface area contributed by atoms with E-state index < -0.39 is 0 Å². The van der Waals surface area contributed by atoms with E-state index in [-0.39, 0.29) is 12.0 Å². The first-order chi connectivity index (χ1) is 9.22. The van der Waals surface area contributed by atoms with Gasteiger partial charge in [0.15, 0.2) is 0 Å². The van der Waals surface area contributed by atoms with Gasteiger partial charge in [-0.25, -0.2) is 4.79 Å². The van der Waals surface area contributed by atoms with Crippen LogP contribution in [-0.2, 0) is 4.74 Å². The number of nitrogens with one attached hydrogen (secondary N) is 1. The van der Waals surface area contributed by atoms with E-state index in [9.17, 15) is 4.79 Å². The van der Waals surface area contributed by atoms with Crippen molar-refractivity contribution in [1.29, 1.82) is 0 Å². The molecule has 0 aliphatic carbocycles. The standard InChI is InChI=1S/C16H19NO2/c1-3-19-16(18)17-11-12(2)14-10-6-8-13-7-4-5-9-15(13)14/h4-10,12H,3,11H2,1-2H3,(H,17,18). The zero-order chi connectivity index (χ0) is 13.7. The second-order valence-electron chi connectivity index (χ2n) is 4.57. The number of hydrogen-bond donors (Lipinski definition) is 1. The Bertz CT molecular complexity index is 560. The number of alkyl carbamates (subject to hydrolysis) is 1. The maximum atomic E-state index is 11.3. The Labute approximate surface area is 113 Å². The predicted octanol–water partition coefficient (Wildman–Crippen LogP) is 3.69. The molecule has 0 aliphatic heterocycles. The average Bonchev–Trinajstić information content (AvgIpc) is 2.44. The molecule has 2 rings (SSSR count). The van der Waals surface area contributed by atoms with Crippen LogP contribution in [0.5, 0.6) is 0 Å². The molecule has 19 heavy (non-hydrogen) atoms. The summed E-state index contributed by atoms with van der Waals surface area (Å²) >= 11 is 0. The predicted molar refractivity (Wildman–Crippen MR) is 77.4 cm³/mol. The van der Waals surface area contributed by atoms with E-state index in [0.29, 0.717) is 13.2 Å². The van der Waals surface area contributed by atoms with Crippen molar-refractivity contribution in [2.24, 2.45) is 0 Å². The molecule has 100 valence electrons. The molecule has 1 N–H and O–H groups in total. The van der Waals surface area contributed by atoms with Gasteiger partial charge < -0.3 is 10.1 Å². The quantitative estimate of drug-likeness (QED) is 0.907. The molecule has 1 unspecified atom stereocenters. The van der Waals surface area contributed by atoms with Crippen LogP contribution in [0.15, 0.2) is 42.5 Å². The second kappa shape index (κ2) is 6.23. The van der Waals surface area contributed by atoms with E-state index in [2.05, 4.69) is 42.6 Å². The van der Waals surface area contributed by atoms with Gasteiger partial charge in [0.2, 0.25) is 0 Å². The fourth-order valence-electron chi connectivity index (χ4n) is 2.21. The van der Waals surface area contributed by atoms with E-state index in [4.69, 9.17) is 4.74 Å². The maximum absolute atomic E-state index is 11.3. The molecule has 1 amide bonds. The van der Waals surface area contributed by atoms with Gasteiger partial charge in [0.05, 0.1) is 6.61 Å². The van der Waals surface area contributed by atoms with Crippen LogP contribution in [0.4, 0.5) is 4.79 Å². The van der Waals surface area contributed by atoms with Crippen molar-refractivity contribution < 1.29 is 9.53 Å². The van der Waals surface area contributed by atoms with Crippen molar-refractivity contribution in [1.82, 2.24) is 5.32 Å². The van der Waals surface area contributed by atoms with Crippen LogP contribution < -0.4 is 5.32 Å². The summed E-state index contributed by atoms with van der Waals surface area (Å²) in [6, 6.07) is 14.6. The van der Waals surface area contributed by atoms with Crippen molar-refractivity contribution in [2.75, 3.05) is 13.2 Å². The van der Waals surface area contributed by atoms with E-state index >= 15 is 0 Å². The lowest BCUT2D eigenvalue weighted by atomic mass is 9.95. The number of ether oxygens (including phenoxy) is 1. The van der Waals surface area contributed by atoms with Gasteiger partial charge in [0.1, 0.15) is 0 Å². The first-order valence-corrected chi connectivity index (χ1v) is 6.60. The Kier molecular flexibility index (Phi) is 4.39. The second-order valence-corrected chi connectivity index (χ2v) is 4.57. The summed E-state index contributed by atoms with van der Waals surface area (Å²) in [5.41, 5.74) is 1.25. The molecule has 0 aromatic heterocycles. The van der Waals surface area contributed by atoms with Gasteiger partial charge in [-0.3, -0.25) is 0 Å². The number of carbonyl (C=O) groups is 1. The summed E-state index contributed by atoms with van der Waals surface area (Å²) in [5.74, 6) is 0.246. The molecule has 0 saturated heterocycles. The number of benzene rings is 2. The molecule has 3 heteroatoms.